The summed E-state index contributed by atoms with van der Waals surface area (Å²) in [6.07, 6.45) is 0. The van der Waals surface area contributed by atoms with E-state index in [1.165, 1.54) is 7.11 Å². The zero-order chi connectivity index (χ0) is 15.7. The highest BCUT2D eigenvalue weighted by Crippen LogP contribution is 2.30. The molecule has 1 aromatic heterocycles. The number of carbonyl (C=O) groups is 1. The zero-order valence-electron chi connectivity index (χ0n) is 12.7. The predicted octanol–water partition coefficient (Wildman–Crippen LogP) is 1.48. The number of phenolic OH excluding ortho intramolecular Hbond substituents is 1. The number of aromatic hydroxyl groups is 1. The SMILES string of the molecule is COC(=O)c1cc(N2CCN(C)CC2)c2cc(O)ccc2n1. The molecular formula is C16H19N3O3. The molecule has 1 saturated heterocycles. The number of piperazine rings is 1. The van der Waals surface area contributed by atoms with Crippen molar-refractivity contribution in [2.24, 2.45) is 0 Å². The Balaban J connectivity index is 2.12. The van der Waals surface area contributed by atoms with Crippen LogP contribution in [0.4, 0.5) is 5.69 Å². The summed E-state index contributed by atoms with van der Waals surface area (Å²) in [4.78, 5) is 20.7. The van der Waals surface area contributed by atoms with E-state index in [9.17, 15) is 9.90 Å². The Morgan fingerprint density at radius 2 is 1.95 bits per heavy atom. The van der Waals surface area contributed by atoms with Gasteiger partial charge >= 0.3 is 5.97 Å². The normalized spacial score (nSPS) is 16.0. The van der Waals surface area contributed by atoms with E-state index < -0.39 is 5.97 Å². The van der Waals surface area contributed by atoms with E-state index in [-0.39, 0.29) is 11.4 Å². The summed E-state index contributed by atoms with van der Waals surface area (Å²) in [6, 6.07) is 6.73. The number of phenols is 1. The van der Waals surface area contributed by atoms with Crippen LogP contribution in [0.15, 0.2) is 24.3 Å². The standard InChI is InChI=1S/C16H19N3O3/c1-18-5-7-19(8-6-18)15-10-14(16(21)22-2)17-13-4-3-11(20)9-12(13)15/h3-4,9-10,20H,5-8H2,1-2H3. The third-order valence-corrected chi connectivity index (χ3v) is 4.01. The molecular weight excluding hydrogens is 282 g/mol. The Kier molecular flexibility index (Phi) is 3.85. The van der Waals surface area contributed by atoms with Crippen LogP contribution >= 0.6 is 0 Å². The number of benzene rings is 1. The number of pyridine rings is 1. The molecule has 3 rings (SSSR count). The summed E-state index contributed by atoms with van der Waals surface area (Å²) >= 11 is 0. The lowest BCUT2D eigenvalue weighted by Gasteiger charge is -2.34. The lowest BCUT2D eigenvalue weighted by Crippen LogP contribution is -2.44. The van der Waals surface area contributed by atoms with Crippen molar-refractivity contribution in [3.05, 3.63) is 30.0 Å². The Hall–Kier alpha value is -2.34. The fourth-order valence-electron chi connectivity index (χ4n) is 2.71. The van der Waals surface area contributed by atoms with Crippen LogP contribution < -0.4 is 4.90 Å². The molecule has 0 amide bonds. The van der Waals surface area contributed by atoms with E-state index in [1.54, 1.807) is 24.3 Å². The number of hydrogen-bond acceptors (Lipinski definition) is 6. The number of rotatable bonds is 2. The molecule has 0 bridgehead atoms. The van der Waals surface area contributed by atoms with Gasteiger partial charge in [-0.05, 0) is 31.3 Å². The molecule has 22 heavy (non-hydrogen) atoms. The molecule has 0 spiro atoms. The summed E-state index contributed by atoms with van der Waals surface area (Å²) in [6.45, 7) is 3.64. The minimum atomic E-state index is -0.453. The summed E-state index contributed by atoms with van der Waals surface area (Å²) < 4.78 is 4.79. The number of likely N-dealkylation sites (N-methyl/N-ethyl adjacent to an activating group) is 1. The number of ether oxygens (including phenoxy) is 1. The zero-order valence-corrected chi connectivity index (χ0v) is 12.7. The second kappa shape index (κ2) is 5.81. The van der Waals surface area contributed by atoms with Crippen LogP contribution in [0.1, 0.15) is 10.5 Å². The molecule has 116 valence electrons. The average Bonchev–Trinajstić information content (AvgIpc) is 2.54. The first-order valence-electron chi connectivity index (χ1n) is 7.24. The van der Waals surface area contributed by atoms with Gasteiger partial charge in [-0.3, -0.25) is 0 Å². The molecule has 0 unspecified atom stereocenters. The minimum Gasteiger partial charge on any atom is -0.508 e. The van der Waals surface area contributed by atoms with Gasteiger partial charge in [0.2, 0.25) is 0 Å². The van der Waals surface area contributed by atoms with E-state index in [0.717, 1.165) is 37.3 Å². The summed E-state index contributed by atoms with van der Waals surface area (Å²) in [7, 11) is 3.44. The lowest BCUT2D eigenvalue weighted by atomic mass is 10.1. The minimum absolute atomic E-state index is 0.190. The van der Waals surface area contributed by atoms with E-state index in [1.807, 2.05) is 0 Å². The number of hydrogen-bond donors (Lipinski definition) is 1. The van der Waals surface area contributed by atoms with Crippen LogP contribution in [-0.4, -0.2) is 61.3 Å². The van der Waals surface area contributed by atoms with Gasteiger partial charge < -0.3 is 19.6 Å². The molecule has 1 fully saturated rings. The summed E-state index contributed by atoms with van der Waals surface area (Å²) in [5, 5.41) is 10.6. The van der Waals surface area contributed by atoms with E-state index >= 15 is 0 Å². The topological polar surface area (TPSA) is 65.9 Å². The first-order valence-corrected chi connectivity index (χ1v) is 7.24. The highest BCUT2D eigenvalue weighted by atomic mass is 16.5. The van der Waals surface area contributed by atoms with Crippen molar-refractivity contribution in [1.82, 2.24) is 9.88 Å². The lowest BCUT2D eigenvalue weighted by molar-refractivity contribution is 0.0594. The summed E-state index contributed by atoms with van der Waals surface area (Å²) in [5.41, 5.74) is 1.87. The maximum Gasteiger partial charge on any atom is 0.356 e. The monoisotopic (exact) mass is 301 g/mol. The average molecular weight is 301 g/mol. The third kappa shape index (κ3) is 2.69. The second-order valence-corrected chi connectivity index (χ2v) is 5.51. The summed E-state index contributed by atoms with van der Waals surface area (Å²) in [5.74, 6) is -0.263. The highest BCUT2D eigenvalue weighted by molar-refractivity contribution is 5.98. The molecule has 1 N–H and O–H groups in total. The maximum absolute atomic E-state index is 11.9. The molecule has 1 aliphatic heterocycles. The molecule has 0 aliphatic carbocycles. The highest BCUT2D eigenvalue weighted by Gasteiger charge is 2.20. The van der Waals surface area contributed by atoms with Crippen molar-refractivity contribution in [3.8, 4) is 5.75 Å². The van der Waals surface area contributed by atoms with Crippen LogP contribution in [0.25, 0.3) is 10.9 Å². The van der Waals surface area contributed by atoms with Gasteiger partial charge in [0.15, 0.2) is 5.69 Å². The van der Waals surface area contributed by atoms with Crippen molar-refractivity contribution in [2.75, 3.05) is 45.2 Å². The van der Waals surface area contributed by atoms with Gasteiger partial charge in [0.05, 0.1) is 12.6 Å². The van der Waals surface area contributed by atoms with Crippen LogP contribution in [0, 0.1) is 0 Å². The van der Waals surface area contributed by atoms with E-state index in [4.69, 9.17) is 4.74 Å². The van der Waals surface area contributed by atoms with Gasteiger partial charge in [0.1, 0.15) is 5.75 Å². The quantitative estimate of drug-likeness (QED) is 0.848. The molecule has 6 heteroatoms. The Morgan fingerprint density at radius 1 is 1.23 bits per heavy atom. The molecule has 6 nitrogen and oxygen atoms in total. The number of fused-ring (bicyclic) bond motifs is 1. The van der Waals surface area contributed by atoms with Crippen molar-refractivity contribution in [1.29, 1.82) is 0 Å². The number of anilines is 1. The smallest absolute Gasteiger partial charge is 0.356 e. The number of nitrogens with zero attached hydrogens (tertiary/aromatic N) is 3. The molecule has 2 heterocycles. The molecule has 2 aromatic rings. The maximum atomic E-state index is 11.9. The van der Waals surface area contributed by atoms with Gasteiger partial charge in [0, 0.05) is 37.3 Å². The van der Waals surface area contributed by atoms with Crippen molar-refractivity contribution in [2.45, 2.75) is 0 Å². The Bertz CT molecular complexity index is 709. The van der Waals surface area contributed by atoms with E-state index in [0.29, 0.717) is 5.52 Å². The fraction of sp³-hybridized carbons (Fsp3) is 0.375. The predicted molar refractivity (Wildman–Crippen MR) is 84.5 cm³/mol. The Morgan fingerprint density at radius 3 is 2.64 bits per heavy atom. The van der Waals surface area contributed by atoms with Crippen LogP contribution in [0.2, 0.25) is 0 Å². The van der Waals surface area contributed by atoms with Gasteiger partial charge in [0.25, 0.3) is 0 Å². The number of aromatic nitrogens is 1. The van der Waals surface area contributed by atoms with Crippen molar-refractivity contribution in [3.63, 3.8) is 0 Å². The third-order valence-electron chi connectivity index (χ3n) is 4.01. The Labute approximate surface area is 128 Å². The van der Waals surface area contributed by atoms with Crippen molar-refractivity contribution < 1.29 is 14.6 Å². The van der Waals surface area contributed by atoms with Gasteiger partial charge in [-0.15, -0.1) is 0 Å². The van der Waals surface area contributed by atoms with E-state index in [2.05, 4.69) is 21.8 Å². The molecule has 0 atom stereocenters. The number of methoxy groups -OCH3 is 1. The molecule has 1 aliphatic rings. The largest absolute Gasteiger partial charge is 0.508 e. The number of carbonyl (C=O) groups excluding carboxylic acids is 1. The van der Waals surface area contributed by atoms with Gasteiger partial charge in [-0.2, -0.15) is 0 Å². The van der Waals surface area contributed by atoms with Gasteiger partial charge in [-0.25, -0.2) is 9.78 Å². The van der Waals surface area contributed by atoms with Crippen LogP contribution in [-0.2, 0) is 4.74 Å². The fourth-order valence-corrected chi connectivity index (χ4v) is 2.71. The van der Waals surface area contributed by atoms with Gasteiger partial charge in [-0.1, -0.05) is 0 Å². The number of esters is 1. The van der Waals surface area contributed by atoms with Crippen molar-refractivity contribution >= 4 is 22.6 Å². The molecule has 0 radical (unpaired) electrons. The first-order chi connectivity index (χ1) is 10.6. The van der Waals surface area contributed by atoms with Crippen LogP contribution in [0.3, 0.4) is 0 Å². The first kappa shape index (κ1) is 14.6. The molecule has 1 aromatic carbocycles. The van der Waals surface area contributed by atoms with Crippen LogP contribution in [0.5, 0.6) is 5.75 Å². The molecule has 0 saturated carbocycles. The second-order valence-electron chi connectivity index (χ2n) is 5.51.